The van der Waals surface area contributed by atoms with Crippen LogP contribution < -0.4 is 5.32 Å². The number of ether oxygens (including phenoxy) is 1. The van der Waals surface area contributed by atoms with Crippen molar-refractivity contribution in [1.29, 1.82) is 0 Å². The van der Waals surface area contributed by atoms with Crippen molar-refractivity contribution in [2.45, 2.75) is 76.2 Å². The Morgan fingerprint density at radius 3 is 2.72 bits per heavy atom. The van der Waals surface area contributed by atoms with Crippen LogP contribution in [0.2, 0.25) is 0 Å². The van der Waals surface area contributed by atoms with E-state index in [-0.39, 0.29) is 18.4 Å². The summed E-state index contributed by atoms with van der Waals surface area (Å²) in [5.41, 5.74) is 0.609. The molecule has 0 radical (unpaired) electrons. The van der Waals surface area contributed by atoms with Crippen molar-refractivity contribution in [2.24, 2.45) is 23.7 Å². The first-order valence-corrected chi connectivity index (χ1v) is 13.9. The molecule has 39 heavy (non-hydrogen) atoms. The number of epoxide rings is 1. The van der Waals surface area contributed by atoms with Gasteiger partial charge >= 0.3 is 5.97 Å². The number of fused-ring (bicyclic) bond motifs is 1. The van der Waals surface area contributed by atoms with Crippen molar-refractivity contribution < 1.29 is 34.0 Å². The molecule has 3 fully saturated rings. The molecule has 4 aliphatic rings. The van der Waals surface area contributed by atoms with Crippen LogP contribution in [-0.2, 0) is 35.3 Å². The second-order valence-corrected chi connectivity index (χ2v) is 11.4. The zero-order chi connectivity index (χ0) is 27.7. The van der Waals surface area contributed by atoms with E-state index < -0.39 is 41.5 Å². The fourth-order valence-corrected chi connectivity index (χ4v) is 6.62. The largest absolute Gasteiger partial charge is 0.482 e. The molecule has 0 aromatic heterocycles. The number of rotatable bonds is 3. The Bertz CT molecular complexity index is 1190. The molecule has 3 aliphatic heterocycles. The number of amides is 1. The minimum atomic E-state index is -1.64. The van der Waals surface area contributed by atoms with E-state index in [1.54, 1.807) is 0 Å². The number of carbonyl (C=O) groups excluding carboxylic acids is 3. The molecule has 1 saturated carbocycles. The Kier molecular flexibility index (Phi) is 7.78. The van der Waals surface area contributed by atoms with Gasteiger partial charge in [-0.15, -0.1) is 0 Å². The van der Waals surface area contributed by atoms with E-state index in [4.69, 9.17) is 14.5 Å². The second-order valence-electron chi connectivity index (χ2n) is 11.4. The number of aldehydes is 1. The number of carbonyl (C=O) groups is 3. The predicted molar refractivity (Wildman–Crippen MR) is 143 cm³/mol. The Morgan fingerprint density at radius 1 is 1.21 bits per heavy atom. The van der Waals surface area contributed by atoms with Crippen LogP contribution in [0.1, 0.15) is 51.5 Å². The molecule has 1 aromatic carbocycles. The third-order valence-corrected chi connectivity index (χ3v) is 8.85. The lowest BCUT2D eigenvalue weighted by molar-refractivity contribution is -0.348. The fourth-order valence-electron chi connectivity index (χ4n) is 6.62. The molecule has 2 saturated heterocycles. The summed E-state index contributed by atoms with van der Waals surface area (Å²) in [6.07, 6.45) is 6.42. The molecule has 208 valence electrons. The third kappa shape index (κ3) is 5.20. The topological polar surface area (TPSA) is 114 Å². The van der Waals surface area contributed by atoms with Gasteiger partial charge in [-0.25, -0.2) is 4.79 Å². The second kappa shape index (κ2) is 11.1. The van der Waals surface area contributed by atoms with Crippen molar-refractivity contribution in [1.82, 2.24) is 5.32 Å². The quantitative estimate of drug-likeness (QED) is 0.262. The lowest BCUT2D eigenvalue weighted by atomic mass is 9.59. The molecule has 8 unspecified atom stereocenters. The summed E-state index contributed by atoms with van der Waals surface area (Å²) in [4.78, 5) is 49.6. The van der Waals surface area contributed by atoms with Gasteiger partial charge in [-0.2, -0.15) is 4.89 Å². The molecule has 5 rings (SSSR count). The molecule has 8 atom stereocenters. The number of hydrogen-bond acceptors (Lipinski definition) is 7. The van der Waals surface area contributed by atoms with Gasteiger partial charge in [-0.05, 0) is 48.7 Å². The average molecular weight is 536 g/mol. The smallest absolute Gasteiger partial charge is 0.346 e. The van der Waals surface area contributed by atoms with Crippen LogP contribution in [0.15, 0.2) is 66.0 Å². The fraction of sp³-hybridized carbons (Fsp3) is 0.516. The van der Waals surface area contributed by atoms with E-state index >= 15 is 0 Å². The van der Waals surface area contributed by atoms with Crippen LogP contribution in [0.25, 0.3) is 0 Å². The maximum atomic E-state index is 13.9. The van der Waals surface area contributed by atoms with E-state index in [0.717, 1.165) is 24.7 Å². The highest BCUT2D eigenvalue weighted by Gasteiger charge is 2.68. The normalized spacial score (nSPS) is 37.1. The summed E-state index contributed by atoms with van der Waals surface area (Å²) in [5, 5.41) is 14.5. The molecule has 1 aromatic rings. The van der Waals surface area contributed by atoms with E-state index in [1.807, 2.05) is 49.4 Å². The Hall–Kier alpha value is -3.23. The van der Waals surface area contributed by atoms with Gasteiger partial charge in [0.2, 0.25) is 5.60 Å². The number of aliphatic hydroxyl groups excluding tert-OH is 1. The summed E-state index contributed by atoms with van der Waals surface area (Å²) in [7, 11) is 0. The summed E-state index contributed by atoms with van der Waals surface area (Å²) >= 11 is 0. The van der Waals surface area contributed by atoms with Gasteiger partial charge in [0.1, 0.15) is 12.0 Å². The molecular weight excluding hydrogens is 498 g/mol. The molecule has 1 aliphatic carbocycles. The van der Waals surface area contributed by atoms with Crippen molar-refractivity contribution in [3.8, 4) is 0 Å². The highest BCUT2D eigenvalue weighted by molar-refractivity contribution is 5.90. The lowest BCUT2D eigenvalue weighted by Gasteiger charge is -2.48. The van der Waals surface area contributed by atoms with Gasteiger partial charge in [0.15, 0.2) is 6.10 Å². The van der Waals surface area contributed by atoms with Crippen molar-refractivity contribution in [2.75, 3.05) is 0 Å². The highest BCUT2D eigenvalue weighted by Crippen LogP contribution is 2.52. The Labute approximate surface area is 229 Å². The summed E-state index contributed by atoms with van der Waals surface area (Å²) in [6.45, 7) is 8.25. The maximum absolute atomic E-state index is 13.9. The lowest BCUT2D eigenvalue weighted by Crippen LogP contribution is -2.61. The number of aliphatic hydroxyl groups is 1. The molecule has 8 heteroatoms. The van der Waals surface area contributed by atoms with E-state index in [0.29, 0.717) is 42.1 Å². The van der Waals surface area contributed by atoms with E-state index in [2.05, 4.69) is 18.8 Å². The van der Waals surface area contributed by atoms with Gasteiger partial charge in [-0.3, -0.25) is 14.5 Å². The van der Waals surface area contributed by atoms with Gasteiger partial charge in [-0.1, -0.05) is 69.3 Å². The molecule has 1 spiro atoms. The maximum Gasteiger partial charge on any atom is 0.346 e. The standard InChI is InChI=1S/C31H37NO7/c1-18-9-7-13-22(17-33)29-25(37-29)16-26(34)38-39-31-23(14-8-10-18)28(35)20(3)19(2)27(31)24(32-30(31)36)15-21-11-5-4-6-12-21/h4-6,8,11-12,14,17-19,23-25,27-28,35H,3,7,9-10,13,15-16H2,1-2H3,(H,32,36). The molecule has 8 nitrogen and oxygen atoms in total. The number of allylic oxidation sites excluding steroid dienone is 2. The summed E-state index contributed by atoms with van der Waals surface area (Å²) in [6, 6.07) is 9.52. The minimum Gasteiger partial charge on any atom is -0.482 e. The van der Waals surface area contributed by atoms with E-state index in [9.17, 15) is 19.5 Å². The SMILES string of the molecule is C=C1C(C)C2C(Cc3ccccc3)NC(=O)C23OOC(=O)CC2OC2=C(C=O)CCCC(C)CC=CC3C1O. The number of hydrogen-bond donors (Lipinski definition) is 2. The zero-order valence-corrected chi connectivity index (χ0v) is 22.5. The van der Waals surface area contributed by atoms with Crippen LogP contribution in [0.4, 0.5) is 0 Å². The zero-order valence-electron chi connectivity index (χ0n) is 22.5. The van der Waals surface area contributed by atoms with Crippen molar-refractivity contribution in [3.05, 3.63) is 71.5 Å². The van der Waals surface area contributed by atoms with Crippen LogP contribution in [0, 0.1) is 23.7 Å². The first-order valence-electron chi connectivity index (χ1n) is 13.9. The molecule has 3 heterocycles. The van der Waals surface area contributed by atoms with Crippen LogP contribution in [0.5, 0.6) is 0 Å². The van der Waals surface area contributed by atoms with Gasteiger partial charge in [0, 0.05) is 23.5 Å². The third-order valence-electron chi connectivity index (χ3n) is 8.85. The van der Waals surface area contributed by atoms with Crippen LogP contribution in [0.3, 0.4) is 0 Å². The average Bonchev–Trinajstić information content (AvgIpc) is 3.61. The molecular formula is C31H37NO7. The monoisotopic (exact) mass is 535 g/mol. The van der Waals surface area contributed by atoms with Crippen molar-refractivity contribution in [3.63, 3.8) is 0 Å². The molecule has 2 N–H and O–H groups in total. The first kappa shape index (κ1) is 27.3. The molecule has 1 amide bonds. The minimum absolute atomic E-state index is 0.135. The van der Waals surface area contributed by atoms with E-state index in [1.165, 1.54) is 0 Å². The first-order chi connectivity index (χ1) is 18.8. The highest BCUT2D eigenvalue weighted by atomic mass is 17.2. The number of benzene rings is 1. The van der Waals surface area contributed by atoms with Crippen LogP contribution in [-0.4, -0.2) is 47.1 Å². The Morgan fingerprint density at radius 2 is 1.97 bits per heavy atom. The summed E-state index contributed by atoms with van der Waals surface area (Å²) in [5.74, 6) is -1.83. The number of nitrogens with one attached hydrogen (secondary N) is 1. The Balaban J connectivity index is 1.50. The van der Waals surface area contributed by atoms with Crippen molar-refractivity contribution >= 4 is 18.2 Å². The van der Waals surface area contributed by atoms with Gasteiger partial charge in [0.05, 0.1) is 12.5 Å². The van der Waals surface area contributed by atoms with Gasteiger partial charge < -0.3 is 15.2 Å². The predicted octanol–water partition coefficient (Wildman–Crippen LogP) is 3.75. The molecule has 0 bridgehead atoms. The van der Waals surface area contributed by atoms with Gasteiger partial charge in [0.25, 0.3) is 5.91 Å². The summed E-state index contributed by atoms with van der Waals surface area (Å²) < 4.78 is 5.54. The van der Waals surface area contributed by atoms with Crippen LogP contribution >= 0.6 is 0 Å².